The van der Waals surface area contributed by atoms with Gasteiger partial charge in [-0.25, -0.2) is 4.79 Å². The molecule has 0 bridgehead atoms. The van der Waals surface area contributed by atoms with E-state index in [4.69, 9.17) is 21.1 Å². The number of esters is 1. The standard InChI is InChI=1S/C17H22ClNO3/c1-4-21-16(20)17(2,3)22-14-7-6-13-8-11-19(10-5-9-18)15(13)12-14/h6-8,11-12H,4-5,9-10H2,1-3H3. The minimum Gasteiger partial charge on any atom is -0.476 e. The maximum atomic E-state index is 11.9. The van der Waals surface area contributed by atoms with Gasteiger partial charge in [0.15, 0.2) is 5.60 Å². The van der Waals surface area contributed by atoms with E-state index in [1.54, 1.807) is 20.8 Å². The Bertz CT molecular complexity index is 648. The van der Waals surface area contributed by atoms with Crippen LogP contribution >= 0.6 is 11.6 Å². The van der Waals surface area contributed by atoms with Gasteiger partial charge >= 0.3 is 5.97 Å². The van der Waals surface area contributed by atoms with Gasteiger partial charge in [-0.15, -0.1) is 11.6 Å². The lowest BCUT2D eigenvalue weighted by molar-refractivity contribution is -0.158. The first kappa shape index (κ1) is 16.7. The monoisotopic (exact) mass is 323 g/mol. The number of ether oxygens (including phenoxy) is 2. The number of hydrogen-bond donors (Lipinski definition) is 0. The number of aryl methyl sites for hydroxylation is 1. The third-order valence-electron chi connectivity index (χ3n) is 3.42. The zero-order chi connectivity index (χ0) is 16.2. The predicted octanol–water partition coefficient (Wildman–Crippen LogP) is 3.99. The maximum Gasteiger partial charge on any atom is 0.349 e. The van der Waals surface area contributed by atoms with Crippen molar-refractivity contribution in [2.24, 2.45) is 0 Å². The van der Waals surface area contributed by atoms with Crippen LogP contribution in [0.15, 0.2) is 30.5 Å². The second-order valence-electron chi connectivity index (χ2n) is 5.61. The summed E-state index contributed by atoms with van der Waals surface area (Å²) in [6, 6.07) is 7.87. The average Bonchev–Trinajstić information content (AvgIpc) is 2.87. The Morgan fingerprint density at radius 2 is 2.09 bits per heavy atom. The molecule has 1 aromatic carbocycles. The lowest BCUT2D eigenvalue weighted by Crippen LogP contribution is -2.39. The molecule has 0 fully saturated rings. The molecular weight excluding hydrogens is 302 g/mol. The summed E-state index contributed by atoms with van der Waals surface area (Å²) in [4.78, 5) is 11.9. The van der Waals surface area contributed by atoms with E-state index in [9.17, 15) is 4.79 Å². The summed E-state index contributed by atoms with van der Waals surface area (Å²) < 4.78 is 13.0. The van der Waals surface area contributed by atoms with Crippen LogP contribution in [-0.2, 0) is 16.1 Å². The number of alkyl halides is 1. The van der Waals surface area contributed by atoms with Crippen LogP contribution in [0.4, 0.5) is 0 Å². The fraction of sp³-hybridized carbons (Fsp3) is 0.471. The van der Waals surface area contributed by atoms with E-state index in [1.165, 1.54) is 0 Å². The molecule has 0 radical (unpaired) electrons. The second-order valence-corrected chi connectivity index (χ2v) is 5.98. The van der Waals surface area contributed by atoms with Crippen molar-refractivity contribution in [3.05, 3.63) is 30.5 Å². The van der Waals surface area contributed by atoms with Gasteiger partial charge in [0.25, 0.3) is 0 Å². The van der Waals surface area contributed by atoms with Crippen molar-refractivity contribution in [1.29, 1.82) is 0 Å². The molecule has 120 valence electrons. The first-order valence-corrected chi connectivity index (χ1v) is 8.02. The van der Waals surface area contributed by atoms with Crippen molar-refractivity contribution in [1.82, 2.24) is 4.57 Å². The number of carbonyl (C=O) groups excluding carboxylic acids is 1. The molecule has 22 heavy (non-hydrogen) atoms. The maximum absolute atomic E-state index is 11.9. The molecule has 0 aliphatic carbocycles. The van der Waals surface area contributed by atoms with Gasteiger partial charge in [0.1, 0.15) is 5.75 Å². The van der Waals surface area contributed by atoms with Gasteiger partial charge in [-0.1, -0.05) is 0 Å². The Morgan fingerprint density at radius 3 is 2.77 bits per heavy atom. The van der Waals surface area contributed by atoms with Gasteiger partial charge in [-0.05, 0) is 50.8 Å². The van der Waals surface area contributed by atoms with Crippen LogP contribution in [0, 0.1) is 0 Å². The largest absolute Gasteiger partial charge is 0.476 e. The zero-order valence-electron chi connectivity index (χ0n) is 13.3. The number of rotatable bonds is 7. The number of fused-ring (bicyclic) bond motifs is 1. The second kappa shape index (κ2) is 7.05. The van der Waals surface area contributed by atoms with E-state index >= 15 is 0 Å². The lowest BCUT2D eigenvalue weighted by atomic mass is 10.1. The van der Waals surface area contributed by atoms with E-state index in [2.05, 4.69) is 10.6 Å². The smallest absolute Gasteiger partial charge is 0.349 e. The molecule has 0 amide bonds. The molecule has 1 heterocycles. The predicted molar refractivity (Wildman–Crippen MR) is 88.6 cm³/mol. The van der Waals surface area contributed by atoms with E-state index in [0.29, 0.717) is 18.2 Å². The number of hydrogen-bond acceptors (Lipinski definition) is 3. The van der Waals surface area contributed by atoms with Crippen LogP contribution < -0.4 is 4.74 Å². The highest BCUT2D eigenvalue weighted by Crippen LogP contribution is 2.26. The number of halogens is 1. The first-order chi connectivity index (χ1) is 10.5. The van der Waals surface area contributed by atoms with E-state index in [0.717, 1.165) is 23.9 Å². The number of carbonyl (C=O) groups is 1. The summed E-state index contributed by atoms with van der Waals surface area (Å²) >= 11 is 5.76. The van der Waals surface area contributed by atoms with Gasteiger partial charge in [-0.2, -0.15) is 0 Å². The van der Waals surface area contributed by atoms with E-state index in [-0.39, 0.29) is 5.97 Å². The molecule has 0 saturated heterocycles. The SMILES string of the molecule is CCOC(=O)C(C)(C)Oc1ccc2ccn(CCCCl)c2c1. The first-order valence-electron chi connectivity index (χ1n) is 7.49. The normalized spacial score (nSPS) is 11.6. The molecule has 0 aliphatic rings. The third-order valence-corrected chi connectivity index (χ3v) is 3.69. The molecule has 4 nitrogen and oxygen atoms in total. The fourth-order valence-electron chi connectivity index (χ4n) is 2.29. The summed E-state index contributed by atoms with van der Waals surface area (Å²) in [5, 5.41) is 1.14. The summed E-state index contributed by atoms with van der Waals surface area (Å²) in [7, 11) is 0. The van der Waals surface area contributed by atoms with Crippen LogP contribution in [0.2, 0.25) is 0 Å². The van der Waals surface area contributed by atoms with Crippen molar-refractivity contribution in [3.63, 3.8) is 0 Å². The van der Waals surface area contributed by atoms with Gasteiger partial charge in [0.05, 0.1) is 12.1 Å². The van der Waals surface area contributed by atoms with Crippen LogP contribution in [0.3, 0.4) is 0 Å². The Balaban J connectivity index is 2.23. The molecule has 0 unspecified atom stereocenters. The summed E-state index contributed by atoms with van der Waals surface area (Å²) in [6.07, 6.45) is 2.95. The average molecular weight is 324 g/mol. The molecule has 2 aromatic rings. The highest BCUT2D eigenvalue weighted by molar-refractivity contribution is 6.17. The van der Waals surface area contributed by atoms with Crippen molar-refractivity contribution in [2.75, 3.05) is 12.5 Å². The third kappa shape index (κ3) is 3.74. The molecule has 0 atom stereocenters. The lowest BCUT2D eigenvalue weighted by Gasteiger charge is -2.24. The highest BCUT2D eigenvalue weighted by Gasteiger charge is 2.31. The molecule has 2 rings (SSSR count). The van der Waals surface area contributed by atoms with Crippen molar-refractivity contribution in [2.45, 2.75) is 39.3 Å². The molecular formula is C17H22ClNO3. The van der Waals surface area contributed by atoms with Crippen LogP contribution in [0.25, 0.3) is 10.9 Å². The van der Waals surface area contributed by atoms with Crippen LogP contribution in [0.5, 0.6) is 5.75 Å². The summed E-state index contributed by atoms with van der Waals surface area (Å²) in [6.45, 7) is 6.40. The minimum absolute atomic E-state index is 0.339. The van der Waals surface area contributed by atoms with Crippen molar-refractivity contribution >= 4 is 28.5 Å². The van der Waals surface area contributed by atoms with Gasteiger partial charge in [0.2, 0.25) is 0 Å². The van der Waals surface area contributed by atoms with E-state index < -0.39 is 5.60 Å². The Hall–Kier alpha value is -1.68. The summed E-state index contributed by atoms with van der Waals surface area (Å²) in [5.41, 5.74) is 0.0549. The van der Waals surface area contributed by atoms with Crippen molar-refractivity contribution in [3.8, 4) is 5.75 Å². The Morgan fingerprint density at radius 1 is 1.32 bits per heavy atom. The van der Waals surface area contributed by atoms with Gasteiger partial charge in [-0.3, -0.25) is 0 Å². The molecule has 0 saturated carbocycles. The molecule has 0 N–H and O–H groups in total. The molecule has 1 aromatic heterocycles. The van der Waals surface area contributed by atoms with E-state index in [1.807, 2.05) is 24.4 Å². The Labute approximate surface area is 136 Å². The summed E-state index contributed by atoms with van der Waals surface area (Å²) in [5.74, 6) is 0.912. The number of aromatic nitrogens is 1. The van der Waals surface area contributed by atoms with Gasteiger partial charge < -0.3 is 14.0 Å². The molecule has 0 aliphatic heterocycles. The van der Waals surface area contributed by atoms with Crippen LogP contribution in [-0.4, -0.2) is 28.6 Å². The minimum atomic E-state index is -1.02. The zero-order valence-corrected chi connectivity index (χ0v) is 14.0. The molecule has 5 heteroatoms. The number of nitrogens with zero attached hydrogens (tertiary/aromatic N) is 1. The Kier molecular flexibility index (Phi) is 5.35. The molecule has 0 spiro atoms. The fourth-order valence-corrected chi connectivity index (χ4v) is 2.41. The highest BCUT2D eigenvalue weighted by atomic mass is 35.5. The van der Waals surface area contributed by atoms with Crippen LogP contribution in [0.1, 0.15) is 27.2 Å². The van der Waals surface area contributed by atoms with Crippen molar-refractivity contribution < 1.29 is 14.3 Å². The quantitative estimate of drug-likeness (QED) is 0.571. The number of benzene rings is 1. The topological polar surface area (TPSA) is 40.5 Å². The van der Waals surface area contributed by atoms with Gasteiger partial charge in [0, 0.05) is 24.7 Å².